The quantitative estimate of drug-likeness (QED) is 0.874. The second-order valence-corrected chi connectivity index (χ2v) is 6.77. The fourth-order valence-corrected chi connectivity index (χ4v) is 3.30. The van der Waals surface area contributed by atoms with Crippen molar-refractivity contribution in [2.45, 2.75) is 31.9 Å². The Morgan fingerprint density at radius 2 is 2.00 bits per heavy atom. The summed E-state index contributed by atoms with van der Waals surface area (Å²) in [4.78, 5) is 24.9. The summed E-state index contributed by atoms with van der Waals surface area (Å²) in [6.45, 7) is 2.73. The highest BCUT2D eigenvalue weighted by molar-refractivity contribution is 7.12. The zero-order valence-corrected chi connectivity index (χ0v) is 14.3. The van der Waals surface area contributed by atoms with Crippen molar-refractivity contribution in [1.82, 2.24) is 5.32 Å². The van der Waals surface area contributed by atoms with Crippen molar-refractivity contribution < 1.29 is 14.3 Å². The molecule has 2 heterocycles. The van der Waals surface area contributed by atoms with Gasteiger partial charge in [0.1, 0.15) is 0 Å². The molecule has 24 heavy (non-hydrogen) atoms. The van der Waals surface area contributed by atoms with Crippen molar-refractivity contribution in [3.63, 3.8) is 0 Å². The predicted octanol–water partition coefficient (Wildman–Crippen LogP) is 3.30. The van der Waals surface area contributed by atoms with Crippen molar-refractivity contribution in [1.29, 1.82) is 0 Å². The minimum absolute atomic E-state index is 0.0155. The molecule has 1 aromatic heterocycles. The highest BCUT2D eigenvalue weighted by Gasteiger charge is 2.23. The Bertz CT molecular complexity index is 692. The zero-order valence-electron chi connectivity index (χ0n) is 13.5. The number of amides is 2. The van der Waals surface area contributed by atoms with Crippen molar-refractivity contribution in [2.75, 3.05) is 11.9 Å². The van der Waals surface area contributed by atoms with E-state index >= 15 is 0 Å². The van der Waals surface area contributed by atoms with E-state index in [1.165, 1.54) is 11.3 Å². The van der Waals surface area contributed by atoms with Gasteiger partial charge in [-0.15, -0.1) is 11.3 Å². The number of anilines is 1. The van der Waals surface area contributed by atoms with Gasteiger partial charge in [0, 0.05) is 17.9 Å². The Hall–Kier alpha value is -2.18. The van der Waals surface area contributed by atoms with Gasteiger partial charge in [0.15, 0.2) is 0 Å². The molecule has 0 saturated carbocycles. The molecule has 126 valence electrons. The Kier molecular flexibility index (Phi) is 5.27. The van der Waals surface area contributed by atoms with Crippen LogP contribution in [-0.4, -0.2) is 30.6 Å². The summed E-state index contributed by atoms with van der Waals surface area (Å²) in [6.07, 6.45) is 2.12. The van der Waals surface area contributed by atoms with Crippen LogP contribution in [0.15, 0.2) is 41.8 Å². The number of thiophene rings is 1. The van der Waals surface area contributed by atoms with Gasteiger partial charge in [0.05, 0.1) is 17.0 Å². The number of hydrogen-bond acceptors (Lipinski definition) is 4. The molecule has 2 N–H and O–H groups in total. The predicted molar refractivity (Wildman–Crippen MR) is 94.6 cm³/mol. The van der Waals surface area contributed by atoms with Crippen molar-refractivity contribution >= 4 is 28.8 Å². The Balaban J connectivity index is 1.57. The van der Waals surface area contributed by atoms with E-state index < -0.39 is 0 Å². The molecule has 0 aliphatic carbocycles. The smallest absolute Gasteiger partial charge is 0.265 e. The molecule has 1 aromatic carbocycles. The summed E-state index contributed by atoms with van der Waals surface area (Å²) in [6, 6.07) is 10.5. The first-order valence-corrected chi connectivity index (χ1v) is 8.89. The van der Waals surface area contributed by atoms with Crippen molar-refractivity contribution in [3.8, 4) is 0 Å². The number of nitrogens with one attached hydrogen (secondary N) is 2. The third-order valence-electron chi connectivity index (χ3n) is 4.03. The maximum absolute atomic E-state index is 12.3. The molecule has 2 amide bonds. The molecule has 0 radical (unpaired) electrons. The lowest BCUT2D eigenvalue weighted by molar-refractivity contribution is 0.0712. The monoisotopic (exact) mass is 344 g/mol. The summed E-state index contributed by atoms with van der Waals surface area (Å²) >= 11 is 1.39. The number of benzene rings is 1. The Morgan fingerprint density at radius 3 is 2.62 bits per heavy atom. The van der Waals surface area contributed by atoms with Crippen LogP contribution in [0, 0.1) is 0 Å². The summed E-state index contributed by atoms with van der Waals surface area (Å²) in [5, 5.41) is 7.65. The van der Waals surface area contributed by atoms with Gasteiger partial charge in [-0.1, -0.05) is 6.07 Å². The topological polar surface area (TPSA) is 67.4 Å². The molecule has 2 atom stereocenters. The van der Waals surface area contributed by atoms with Crippen LogP contribution < -0.4 is 10.6 Å². The largest absolute Gasteiger partial charge is 0.376 e. The molecule has 0 bridgehead atoms. The van der Waals surface area contributed by atoms with Gasteiger partial charge in [-0.2, -0.15) is 0 Å². The van der Waals surface area contributed by atoms with Gasteiger partial charge >= 0.3 is 0 Å². The Morgan fingerprint density at radius 1 is 1.21 bits per heavy atom. The average molecular weight is 344 g/mol. The highest BCUT2D eigenvalue weighted by atomic mass is 32.1. The van der Waals surface area contributed by atoms with E-state index in [1.54, 1.807) is 30.3 Å². The van der Waals surface area contributed by atoms with Gasteiger partial charge < -0.3 is 15.4 Å². The Labute approximate surface area is 145 Å². The summed E-state index contributed by atoms with van der Waals surface area (Å²) in [5.41, 5.74) is 1.23. The van der Waals surface area contributed by atoms with Gasteiger partial charge in [0.25, 0.3) is 11.8 Å². The normalized spacial score (nSPS) is 18.1. The third kappa shape index (κ3) is 4.01. The minimum Gasteiger partial charge on any atom is -0.376 e. The van der Waals surface area contributed by atoms with E-state index in [0.29, 0.717) is 16.1 Å². The standard InChI is InChI=1S/C18H20N2O3S/c1-12(15-4-2-10-23-15)19-17(21)13-6-8-14(9-7-13)20-18(22)16-5-3-11-24-16/h3,5-9,11-12,15H,2,4,10H2,1H3,(H,19,21)(H,20,22). The lowest BCUT2D eigenvalue weighted by Gasteiger charge is -2.20. The van der Waals surface area contributed by atoms with Crippen LogP contribution in [0.2, 0.25) is 0 Å². The van der Waals surface area contributed by atoms with Crippen LogP contribution >= 0.6 is 11.3 Å². The van der Waals surface area contributed by atoms with Crippen molar-refractivity contribution in [3.05, 3.63) is 52.2 Å². The van der Waals surface area contributed by atoms with E-state index in [4.69, 9.17) is 4.74 Å². The van der Waals surface area contributed by atoms with Crippen LogP contribution in [0.3, 0.4) is 0 Å². The van der Waals surface area contributed by atoms with Crippen LogP contribution in [0.4, 0.5) is 5.69 Å². The van der Waals surface area contributed by atoms with Crippen LogP contribution in [-0.2, 0) is 4.74 Å². The van der Waals surface area contributed by atoms with E-state index in [-0.39, 0.29) is 24.0 Å². The van der Waals surface area contributed by atoms with Crippen molar-refractivity contribution in [2.24, 2.45) is 0 Å². The molecule has 1 aliphatic rings. The molecule has 2 unspecified atom stereocenters. The molecular weight excluding hydrogens is 324 g/mol. The van der Waals surface area contributed by atoms with Crippen LogP contribution in [0.1, 0.15) is 39.8 Å². The third-order valence-corrected chi connectivity index (χ3v) is 4.90. The first-order valence-electron chi connectivity index (χ1n) is 8.01. The summed E-state index contributed by atoms with van der Waals surface area (Å²) in [5.74, 6) is -0.275. The van der Waals surface area contributed by atoms with E-state index in [0.717, 1.165) is 19.4 Å². The molecule has 0 spiro atoms. The van der Waals surface area contributed by atoms with Gasteiger partial charge in [-0.25, -0.2) is 0 Å². The number of carbonyl (C=O) groups excluding carboxylic acids is 2. The second kappa shape index (κ2) is 7.59. The SMILES string of the molecule is CC(NC(=O)c1ccc(NC(=O)c2cccs2)cc1)C1CCCO1. The first kappa shape index (κ1) is 16.7. The summed E-state index contributed by atoms with van der Waals surface area (Å²) in [7, 11) is 0. The minimum atomic E-state index is -0.144. The first-order chi connectivity index (χ1) is 11.6. The van der Waals surface area contributed by atoms with Crippen LogP contribution in [0.25, 0.3) is 0 Å². The molecule has 3 rings (SSSR count). The highest BCUT2D eigenvalue weighted by Crippen LogP contribution is 2.17. The van der Waals surface area contributed by atoms with Gasteiger partial charge in [-0.3, -0.25) is 9.59 Å². The van der Waals surface area contributed by atoms with E-state index in [9.17, 15) is 9.59 Å². The lowest BCUT2D eigenvalue weighted by Crippen LogP contribution is -2.40. The average Bonchev–Trinajstić information content (AvgIpc) is 3.29. The number of hydrogen-bond donors (Lipinski definition) is 2. The molecule has 6 heteroatoms. The summed E-state index contributed by atoms with van der Waals surface area (Å²) < 4.78 is 5.59. The molecule has 5 nitrogen and oxygen atoms in total. The fourth-order valence-electron chi connectivity index (χ4n) is 2.69. The lowest BCUT2D eigenvalue weighted by atomic mass is 10.1. The number of rotatable bonds is 5. The molecule has 2 aromatic rings. The molecule has 1 fully saturated rings. The molecular formula is C18H20N2O3S. The van der Waals surface area contributed by atoms with Gasteiger partial charge in [-0.05, 0) is 55.5 Å². The number of carbonyl (C=O) groups is 2. The van der Waals surface area contributed by atoms with Gasteiger partial charge in [0.2, 0.25) is 0 Å². The maximum Gasteiger partial charge on any atom is 0.265 e. The van der Waals surface area contributed by atoms with E-state index in [1.807, 2.05) is 18.4 Å². The molecule has 1 aliphatic heterocycles. The zero-order chi connectivity index (χ0) is 16.9. The molecule has 1 saturated heterocycles. The number of ether oxygens (including phenoxy) is 1. The fraction of sp³-hybridized carbons (Fsp3) is 0.333. The second-order valence-electron chi connectivity index (χ2n) is 5.82. The maximum atomic E-state index is 12.3. The van der Waals surface area contributed by atoms with E-state index in [2.05, 4.69) is 10.6 Å². The van der Waals surface area contributed by atoms with Crippen LogP contribution in [0.5, 0.6) is 0 Å².